The fraction of sp³-hybridized carbons (Fsp3) is 0.308. The Labute approximate surface area is 119 Å². The molecule has 0 bridgehead atoms. The van der Waals surface area contributed by atoms with Gasteiger partial charge in [-0.05, 0) is 46.8 Å². The van der Waals surface area contributed by atoms with Crippen LogP contribution >= 0.6 is 27.7 Å². The van der Waals surface area contributed by atoms with Gasteiger partial charge in [-0.2, -0.15) is 5.10 Å². The van der Waals surface area contributed by atoms with Crippen LogP contribution in [0.25, 0.3) is 0 Å². The highest BCUT2D eigenvalue weighted by molar-refractivity contribution is 9.10. The SMILES string of the molecule is CCn1ncc(Br)c1C(O)c1ccc(SC)cc1. The lowest BCUT2D eigenvalue weighted by Crippen LogP contribution is -2.09. The van der Waals surface area contributed by atoms with Gasteiger partial charge in [0.2, 0.25) is 0 Å². The molecule has 1 unspecified atom stereocenters. The van der Waals surface area contributed by atoms with Crippen LogP contribution < -0.4 is 0 Å². The van der Waals surface area contributed by atoms with Crippen LogP contribution in [0.1, 0.15) is 24.3 Å². The molecule has 0 aliphatic carbocycles. The Bertz CT molecular complexity index is 524. The Morgan fingerprint density at radius 3 is 2.61 bits per heavy atom. The molecule has 0 aliphatic rings. The summed E-state index contributed by atoms with van der Waals surface area (Å²) in [5, 5.41) is 14.7. The zero-order valence-electron chi connectivity index (χ0n) is 10.3. The normalized spacial score (nSPS) is 12.7. The van der Waals surface area contributed by atoms with E-state index in [-0.39, 0.29) is 0 Å². The minimum Gasteiger partial charge on any atom is -0.382 e. The number of aromatic nitrogens is 2. The van der Waals surface area contributed by atoms with Gasteiger partial charge in [-0.3, -0.25) is 4.68 Å². The highest BCUT2D eigenvalue weighted by Crippen LogP contribution is 2.29. The van der Waals surface area contributed by atoms with Crippen molar-refractivity contribution in [3.8, 4) is 0 Å². The van der Waals surface area contributed by atoms with Crippen molar-refractivity contribution in [2.24, 2.45) is 0 Å². The van der Waals surface area contributed by atoms with Crippen molar-refractivity contribution in [2.75, 3.05) is 6.26 Å². The molecule has 1 aromatic carbocycles. The van der Waals surface area contributed by atoms with Gasteiger partial charge in [0.25, 0.3) is 0 Å². The predicted octanol–water partition coefficient (Wildman–Crippen LogP) is 3.47. The summed E-state index contributed by atoms with van der Waals surface area (Å²) >= 11 is 5.13. The standard InChI is InChI=1S/C13H15BrN2OS/c1-3-16-12(11(14)8-15-16)13(17)9-4-6-10(18-2)7-5-9/h4-8,13,17H,3H2,1-2H3. The average molecular weight is 327 g/mol. The smallest absolute Gasteiger partial charge is 0.122 e. The number of rotatable bonds is 4. The second kappa shape index (κ2) is 5.91. The summed E-state index contributed by atoms with van der Waals surface area (Å²) in [5.74, 6) is 0. The van der Waals surface area contributed by atoms with Crippen LogP contribution in [0, 0.1) is 0 Å². The Hall–Kier alpha value is -0.780. The van der Waals surface area contributed by atoms with Gasteiger partial charge in [-0.25, -0.2) is 0 Å². The van der Waals surface area contributed by atoms with E-state index in [2.05, 4.69) is 21.0 Å². The zero-order chi connectivity index (χ0) is 13.1. The van der Waals surface area contributed by atoms with Gasteiger partial charge in [0.1, 0.15) is 6.10 Å². The maximum atomic E-state index is 10.4. The molecule has 0 saturated carbocycles. The second-order valence-corrected chi connectivity index (χ2v) is 5.60. The summed E-state index contributed by atoms with van der Waals surface area (Å²) in [6.07, 6.45) is 3.10. The van der Waals surface area contributed by atoms with E-state index in [9.17, 15) is 5.11 Å². The van der Waals surface area contributed by atoms with Gasteiger partial charge >= 0.3 is 0 Å². The first-order chi connectivity index (χ1) is 8.67. The summed E-state index contributed by atoms with van der Waals surface area (Å²) < 4.78 is 2.64. The molecular formula is C13H15BrN2OS. The van der Waals surface area contributed by atoms with Crippen molar-refractivity contribution in [2.45, 2.75) is 24.5 Å². The number of thioether (sulfide) groups is 1. The fourth-order valence-corrected chi connectivity index (χ4v) is 2.76. The lowest BCUT2D eigenvalue weighted by molar-refractivity contribution is 0.207. The maximum absolute atomic E-state index is 10.4. The number of aryl methyl sites for hydroxylation is 1. The van der Waals surface area contributed by atoms with Crippen molar-refractivity contribution in [3.63, 3.8) is 0 Å². The number of aliphatic hydroxyl groups is 1. The van der Waals surface area contributed by atoms with Crippen molar-refractivity contribution in [1.29, 1.82) is 0 Å². The monoisotopic (exact) mass is 326 g/mol. The van der Waals surface area contributed by atoms with Crippen LogP contribution in [-0.2, 0) is 6.54 Å². The molecule has 18 heavy (non-hydrogen) atoms. The third-order valence-electron chi connectivity index (χ3n) is 2.82. The van der Waals surface area contributed by atoms with E-state index in [4.69, 9.17) is 0 Å². The fourth-order valence-electron chi connectivity index (χ4n) is 1.84. The molecule has 2 aromatic rings. The summed E-state index contributed by atoms with van der Waals surface area (Å²) in [6.45, 7) is 2.74. The van der Waals surface area contributed by atoms with Crippen LogP contribution in [0.2, 0.25) is 0 Å². The molecule has 0 saturated heterocycles. The molecule has 1 heterocycles. The van der Waals surface area contributed by atoms with Gasteiger partial charge in [-0.1, -0.05) is 12.1 Å². The Kier molecular flexibility index (Phi) is 4.48. The van der Waals surface area contributed by atoms with Gasteiger partial charge in [0, 0.05) is 11.4 Å². The van der Waals surface area contributed by atoms with Crippen LogP contribution in [0.3, 0.4) is 0 Å². The van der Waals surface area contributed by atoms with Crippen molar-refractivity contribution in [3.05, 3.63) is 46.2 Å². The third-order valence-corrected chi connectivity index (χ3v) is 4.18. The van der Waals surface area contributed by atoms with Gasteiger partial charge in [-0.15, -0.1) is 11.8 Å². The molecule has 0 radical (unpaired) electrons. The maximum Gasteiger partial charge on any atom is 0.122 e. The Balaban J connectivity index is 2.34. The minimum atomic E-state index is -0.655. The highest BCUT2D eigenvalue weighted by atomic mass is 79.9. The minimum absolute atomic E-state index is 0.655. The molecule has 96 valence electrons. The molecule has 0 amide bonds. The van der Waals surface area contributed by atoms with Crippen molar-refractivity contribution >= 4 is 27.7 Å². The molecule has 1 N–H and O–H groups in total. The van der Waals surface area contributed by atoms with Crippen LogP contribution in [0.4, 0.5) is 0 Å². The van der Waals surface area contributed by atoms with E-state index in [0.29, 0.717) is 0 Å². The number of benzene rings is 1. The molecule has 2 rings (SSSR count). The predicted molar refractivity (Wildman–Crippen MR) is 77.9 cm³/mol. The molecular weight excluding hydrogens is 312 g/mol. The van der Waals surface area contributed by atoms with E-state index in [1.807, 2.05) is 37.4 Å². The first-order valence-electron chi connectivity index (χ1n) is 5.70. The number of aliphatic hydroxyl groups excluding tert-OH is 1. The molecule has 0 aliphatic heterocycles. The van der Waals surface area contributed by atoms with Crippen molar-refractivity contribution < 1.29 is 5.11 Å². The van der Waals surface area contributed by atoms with E-state index < -0.39 is 6.10 Å². The Morgan fingerprint density at radius 2 is 2.06 bits per heavy atom. The zero-order valence-corrected chi connectivity index (χ0v) is 12.7. The number of hydrogen-bond donors (Lipinski definition) is 1. The molecule has 1 atom stereocenters. The summed E-state index contributed by atoms with van der Waals surface area (Å²) in [5.41, 5.74) is 1.68. The molecule has 3 nitrogen and oxygen atoms in total. The second-order valence-electron chi connectivity index (χ2n) is 3.87. The van der Waals surface area contributed by atoms with E-state index in [1.54, 1.807) is 22.6 Å². The van der Waals surface area contributed by atoms with Gasteiger partial charge < -0.3 is 5.11 Å². The summed E-state index contributed by atoms with van der Waals surface area (Å²) in [6, 6.07) is 7.94. The molecule has 1 aromatic heterocycles. The topological polar surface area (TPSA) is 38.0 Å². The molecule has 0 spiro atoms. The first kappa shape index (κ1) is 13.6. The van der Waals surface area contributed by atoms with Gasteiger partial charge in [0.15, 0.2) is 0 Å². The van der Waals surface area contributed by atoms with Gasteiger partial charge in [0.05, 0.1) is 16.4 Å². The van der Waals surface area contributed by atoms with E-state index >= 15 is 0 Å². The molecule has 0 fully saturated rings. The largest absolute Gasteiger partial charge is 0.382 e. The lowest BCUT2D eigenvalue weighted by Gasteiger charge is -2.14. The van der Waals surface area contributed by atoms with Crippen LogP contribution in [-0.4, -0.2) is 21.1 Å². The Morgan fingerprint density at radius 1 is 1.39 bits per heavy atom. The van der Waals surface area contributed by atoms with E-state index in [0.717, 1.165) is 22.3 Å². The van der Waals surface area contributed by atoms with Crippen LogP contribution in [0.5, 0.6) is 0 Å². The first-order valence-corrected chi connectivity index (χ1v) is 7.72. The number of hydrogen-bond acceptors (Lipinski definition) is 3. The lowest BCUT2D eigenvalue weighted by atomic mass is 10.1. The summed E-state index contributed by atoms with van der Waals surface area (Å²) in [7, 11) is 0. The van der Waals surface area contributed by atoms with E-state index in [1.165, 1.54) is 4.90 Å². The quantitative estimate of drug-likeness (QED) is 0.874. The number of nitrogens with zero attached hydrogens (tertiary/aromatic N) is 2. The summed E-state index contributed by atoms with van der Waals surface area (Å²) in [4.78, 5) is 1.19. The molecule has 5 heteroatoms. The van der Waals surface area contributed by atoms with Crippen molar-refractivity contribution in [1.82, 2.24) is 9.78 Å². The average Bonchev–Trinajstić information content (AvgIpc) is 2.79. The number of halogens is 1. The highest BCUT2D eigenvalue weighted by Gasteiger charge is 2.18. The third kappa shape index (κ3) is 2.63. The van der Waals surface area contributed by atoms with Crippen LogP contribution in [0.15, 0.2) is 39.8 Å².